The van der Waals surface area contributed by atoms with Gasteiger partial charge in [0.05, 0.1) is 11.3 Å². The maximum Gasteiger partial charge on any atom is 0.167 e. The topological polar surface area (TPSA) is 59.0 Å². The Bertz CT molecular complexity index is 696. The molecule has 0 unspecified atom stereocenters. The molecule has 0 radical (unpaired) electrons. The number of hydrogen-bond donors (Lipinski definition) is 1. The van der Waals surface area contributed by atoms with E-state index in [4.69, 9.17) is 15.7 Å². The van der Waals surface area contributed by atoms with Gasteiger partial charge in [-0.05, 0) is 6.07 Å². The van der Waals surface area contributed by atoms with E-state index >= 15 is 0 Å². The van der Waals surface area contributed by atoms with Gasteiger partial charge in [-0.3, -0.25) is 0 Å². The zero-order chi connectivity index (χ0) is 14.7. The number of rotatable bonds is 3. The monoisotopic (exact) mass is 278 g/mol. The van der Waals surface area contributed by atoms with E-state index < -0.39 is 17.5 Å². The third kappa shape index (κ3) is 2.67. The molecule has 0 heterocycles. The Kier molecular flexibility index (Phi) is 3.80. The van der Waals surface area contributed by atoms with Crippen molar-refractivity contribution >= 4 is 5.69 Å². The summed E-state index contributed by atoms with van der Waals surface area (Å²) in [5.41, 5.74) is 4.78. The summed E-state index contributed by atoms with van der Waals surface area (Å²) in [6.07, 6.45) is 0. The van der Waals surface area contributed by atoms with Crippen LogP contribution in [-0.2, 0) is 6.61 Å². The number of nitriles is 1. The molecule has 3 nitrogen and oxygen atoms in total. The molecule has 2 rings (SSSR count). The van der Waals surface area contributed by atoms with Crippen molar-refractivity contribution < 1.29 is 17.9 Å². The van der Waals surface area contributed by atoms with Crippen LogP contribution in [0.15, 0.2) is 30.3 Å². The standard InChI is InChI=1S/C14H9F3N2O/c15-10-5-13(11(16)4-12(10)19)20-7-9-3-1-2-8(6-18)14(9)17/h1-5H,7,19H2. The molecule has 0 atom stereocenters. The second-order valence-corrected chi connectivity index (χ2v) is 3.98. The molecule has 0 aliphatic rings. The fourth-order valence-electron chi connectivity index (χ4n) is 1.59. The first-order valence-corrected chi connectivity index (χ1v) is 5.57. The first-order valence-electron chi connectivity index (χ1n) is 5.57. The number of nitrogens with two attached hydrogens (primary N) is 1. The van der Waals surface area contributed by atoms with E-state index in [2.05, 4.69) is 0 Å². The molecule has 2 aromatic carbocycles. The highest BCUT2D eigenvalue weighted by Gasteiger charge is 2.12. The van der Waals surface area contributed by atoms with Crippen molar-refractivity contribution in [3.8, 4) is 11.8 Å². The van der Waals surface area contributed by atoms with Crippen LogP contribution in [0.3, 0.4) is 0 Å². The van der Waals surface area contributed by atoms with Gasteiger partial charge in [-0.1, -0.05) is 12.1 Å². The Labute approximate surface area is 113 Å². The molecule has 2 aromatic rings. The van der Waals surface area contributed by atoms with Crippen molar-refractivity contribution in [1.29, 1.82) is 5.26 Å². The minimum absolute atomic E-state index is 0.0701. The van der Waals surface area contributed by atoms with E-state index in [9.17, 15) is 13.2 Å². The zero-order valence-electron chi connectivity index (χ0n) is 10.2. The van der Waals surface area contributed by atoms with E-state index in [1.807, 2.05) is 0 Å². The van der Waals surface area contributed by atoms with Crippen molar-refractivity contribution in [3.63, 3.8) is 0 Å². The van der Waals surface area contributed by atoms with Gasteiger partial charge in [0.25, 0.3) is 0 Å². The lowest BCUT2D eigenvalue weighted by Gasteiger charge is -2.09. The van der Waals surface area contributed by atoms with Crippen LogP contribution in [0.25, 0.3) is 0 Å². The van der Waals surface area contributed by atoms with Crippen LogP contribution in [0, 0.1) is 28.8 Å². The second kappa shape index (κ2) is 5.53. The predicted molar refractivity (Wildman–Crippen MR) is 66.2 cm³/mol. The molecule has 0 saturated carbocycles. The fraction of sp³-hybridized carbons (Fsp3) is 0.0714. The quantitative estimate of drug-likeness (QED) is 0.877. The van der Waals surface area contributed by atoms with Crippen LogP contribution < -0.4 is 10.5 Å². The van der Waals surface area contributed by atoms with Gasteiger partial charge >= 0.3 is 0 Å². The number of nitrogen functional groups attached to an aromatic ring is 1. The van der Waals surface area contributed by atoms with Gasteiger partial charge in [0.2, 0.25) is 0 Å². The molecule has 102 valence electrons. The largest absolute Gasteiger partial charge is 0.486 e. The Hall–Kier alpha value is -2.68. The number of anilines is 1. The average molecular weight is 278 g/mol. The highest BCUT2D eigenvalue weighted by molar-refractivity contribution is 5.44. The number of ether oxygens (including phenoxy) is 1. The molecule has 0 amide bonds. The minimum Gasteiger partial charge on any atom is -0.486 e. The second-order valence-electron chi connectivity index (χ2n) is 3.98. The van der Waals surface area contributed by atoms with Crippen LogP contribution in [0.4, 0.5) is 18.9 Å². The Morgan fingerprint density at radius 2 is 1.90 bits per heavy atom. The summed E-state index contributed by atoms with van der Waals surface area (Å²) in [5.74, 6) is -2.79. The van der Waals surface area contributed by atoms with Crippen molar-refractivity contribution in [2.24, 2.45) is 0 Å². The van der Waals surface area contributed by atoms with Crippen molar-refractivity contribution in [2.75, 3.05) is 5.73 Å². The molecule has 20 heavy (non-hydrogen) atoms. The number of nitrogens with zero attached hydrogens (tertiary/aromatic N) is 1. The summed E-state index contributed by atoms with van der Waals surface area (Å²) in [6, 6.07) is 7.42. The molecule has 0 aliphatic carbocycles. The Balaban J connectivity index is 2.22. The average Bonchev–Trinajstić information content (AvgIpc) is 2.43. The summed E-state index contributed by atoms with van der Waals surface area (Å²) in [4.78, 5) is 0. The fourth-order valence-corrected chi connectivity index (χ4v) is 1.59. The van der Waals surface area contributed by atoms with Crippen molar-refractivity contribution in [3.05, 3.63) is 58.9 Å². The summed E-state index contributed by atoms with van der Waals surface area (Å²) >= 11 is 0. The molecule has 0 bridgehead atoms. The molecular formula is C14H9F3N2O. The maximum absolute atomic E-state index is 13.7. The van der Waals surface area contributed by atoms with Crippen LogP contribution in [0.1, 0.15) is 11.1 Å². The van der Waals surface area contributed by atoms with Gasteiger partial charge in [0.1, 0.15) is 24.3 Å². The maximum atomic E-state index is 13.7. The van der Waals surface area contributed by atoms with Crippen LogP contribution >= 0.6 is 0 Å². The molecule has 0 spiro atoms. The van der Waals surface area contributed by atoms with E-state index in [-0.39, 0.29) is 29.2 Å². The zero-order valence-corrected chi connectivity index (χ0v) is 10.2. The van der Waals surface area contributed by atoms with Gasteiger partial charge in [0.15, 0.2) is 11.6 Å². The summed E-state index contributed by atoms with van der Waals surface area (Å²) in [6.45, 7) is -0.332. The predicted octanol–water partition coefficient (Wildman–Crippen LogP) is 3.14. The molecule has 2 N–H and O–H groups in total. The third-order valence-corrected chi connectivity index (χ3v) is 2.63. The van der Waals surface area contributed by atoms with E-state index in [0.29, 0.717) is 0 Å². The number of benzene rings is 2. The van der Waals surface area contributed by atoms with Crippen molar-refractivity contribution in [1.82, 2.24) is 0 Å². The lowest BCUT2D eigenvalue weighted by Crippen LogP contribution is -2.03. The molecule has 0 aliphatic heterocycles. The third-order valence-electron chi connectivity index (χ3n) is 2.63. The molecule has 0 fully saturated rings. The number of hydrogen-bond acceptors (Lipinski definition) is 3. The Morgan fingerprint density at radius 3 is 2.60 bits per heavy atom. The molecule has 6 heteroatoms. The van der Waals surface area contributed by atoms with E-state index in [1.165, 1.54) is 18.2 Å². The highest BCUT2D eigenvalue weighted by atomic mass is 19.1. The Morgan fingerprint density at radius 1 is 1.15 bits per heavy atom. The van der Waals surface area contributed by atoms with E-state index in [0.717, 1.165) is 12.1 Å². The van der Waals surface area contributed by atoms with Gasteiger partial charge in [-0.25, -0.2) is 13.2 Å². The highest BCUT2D eigenvalue weighted by Crippen LogP contribution is 2.24. The van der Waals surface area contributed by atoms with Gasteiger partial charge in [0, 0.05) is 17.7 Å². The van der Waals surface area contributed by atoms with Gasteiger partial charge in [-0.2, -0.15) is 5.26 Å². The van der Waals surface area contributed by atoms with Gasteiger partial charge < -0.3 is 10.5 Å². The number of halogens is 3. The van der Waals surface area contributed by atoms with Crippen molar-refractivity contribution in [2.45, 2.75) is 6.61 Å². The lowest BCUT2D eigenvalue weighted by atomic mass is 10.1. The summed E-state index contributed by atoms with van der Waals surface area (Å²) < 4.78 is 45.4. The first kappa shape index (κ1) is 13.7. The lowest BCUT2D eigenvalue weighted by molar-refractivity contribution is 0.283. The van der Waals surface area contributed by atoms with Crippen LogP contribution in [0.5, 0.6) is 5.75 Å². The minimum atomic E-state index is -0.847. The van der Waals surface area contributed by atoms with E-state index in [1.54, 1.807) is 6.07 Å². The summed E-state index contributed by atoms with van der Waals surface area (Å²) in [7, 11) is 0. The SMILES string of the molecule is N#Cc1cccc(COc2cc(F)c(N)cc2F)c1F. The molecule has 0 aromatic heterocycles. The molecular weight excluding hydrogens is 269 g/mol. The van der Waals surface area contributed by atoms with Crippen LogP contribution in [0.2, 0.25) is 0 Å². The molecule has 0 saturated heterocycles. The normalized spacial score (nSPS) is 10.1. The summed E-state index contributed by atoms with van der Waals surface area (Å²) in [5, 5.41) is 8.68. The first-order chi connectivity index (χ1) is 9.52. The smallest absolute Gasteiger partial charge is 0.167 e. The van der Waals surface area contributed by atoms with Crippen LogP contribution in [-0.4, -0.2) is 0 Å². The van der Waals surface area contributed by atoms with Gasteiger partial charge in [-0.15, -0.1) is 0 Å².